The van der Waals surface area contributed by atoms with E-state index in [2.05, 4.69) is 6.58 Å². The lowest BCUT2D eigenvalue weighted by atomic mass is 10.00. The first-order valence-electron chi connectivity index (χ1n) is 8.40. The van der Waals surface area contributed by atoms with Crippen molar-refractivity contribution in [2.75, 3.05) is 7.11 Å². The van der Waals surface area contributed by atoms with Gasteiger partial charge >= 0.3 is 5.97 Å². The number of hydrogen-bond donors (Lipinski definition) is 0. The van der Waals surface area contributed by atoms with Crippen LogP contribution in [0.25, 0.3) is 22.3 Å². The molecule has 0 heterocycles. The Balaban J connectivity index is 1.82. The van der Waals surface area contributed by atoms with E-state index in [1.54, 1.807) is 19.2 Å². The third-order valence-corrected chi connectivity index (χ3v) is 4.12. The monoisotopic (exact) mass is 362 g/mol. The van der Waals surface area contributed by atoms with Crippen molar-refractivity contribution in [1.82, 2.24) is 0 Å². The Morgan fingerprint density at radius 2 is 1.37 bits per heavy atom. The molecule has 0 saturated carbocycles. The summed E-state index contributed by atoms with van der Waals surface area (Å²) in [6, 6.07) is 19.7. The van der Waals surface area contributed by atoms with Gasteiger partial charge in [-0.3, -0.25) is 0 Å². The molecule has 0 atom stereocenters. The van der Waals surface area contributed by atoms with E-state index in [1.807, 2.05) is 48.5 Å². The molecular formula is C23H19FO3. The van der Waals surface area contributed by atoms with Crippen LogP contribution in [0, 0.1) is 5.82 Å². The predicted octanol–water partition coefficient (Wildman–Crippen LogP) is 5.65. The molecule has 27 heavy (non-hydrogen) atoms. The molecule has 0 fully saturated rings. The van der Waals surface area contributed by atoms with Gasteiger partial charge in [0.2, 0.25) is 0 Å². The number of hydrogen-bond acceptors (Lipinski definition) is 3. The number of carbonyl (C=O) groups is 1. The summed E-state index contributed by atoms with van der Waals surface area (Å²) in [5.41, 5.74) is 3.50. The predicted molar refractivity (Wildman–Crippen MR) is 104 cm³/mol. The highest BCUT2D eigenvalue weighted by atomic mass is 19.1. The summed E-state index contributed by atoms with van der Waals surface area (Å²) >= 11 is 0. The number of methoxy groups -OCH3 is 1. The Labute approximate surface area is 157 Å². The van der Waals surface area contributed by atoms with Crippen molar-refractivity contribution in [2.24, 2.45) is 0 Å². The lowest BCUT2D eigenvalue weighted by Gasteiger charge is -2.09. The van der Waals surface area contributed by atoms with Crippen LogP contribution in [0.5, 0.6) is 11.5 Å². The summed E-state index contributed by atoms with van der Waals surface area (Å²) in [5, 5.41) is 0. The van der Waals surface area contributed by atoms with E-state index in [0.717, 1.165) is 22.4 Å². The van der Waals surface area contributed by atoms with E-state index in [1.165, 1.54) is 13.0 Å². The van der Waals surface area contributed by atoms with Crippen LogP contribution in [-0.4, -0.2) is 13.1 Å². The van der Waals surface area contributed by atoms with Crippen molar-refractivity contribution in [2.45, 2.75) is 6.92 Å². The summed E-state index contributed by atoms with van der Waals surface area (Å²) in [5.74, 6) is -0.0887. The summed E-state index contributed by atoms with van der Waals surface area (Å²) in [4.78, 5) is 11.5. The highest BCUT2D eigenvalue weighted by Gasteiger charge is 2.10. The molecule has 136 valence electrons. The minimum Gasteiger partial charge on any atom is -0.497 e. The van der Waals surface area contributed by atoms with E-state index >= 15 is 0 Å². The van der Waals surface area contributed by atoms with E-state index < -0.39 is 11.8 Å². The first-order valence-corrected chi connectivity index (χ1v) is 8.40. The van der Waals surface area contributed by atoms with Crippen LogP contribution in [0.15, 0.2) is 78.9 Å². The number of esters is 1. The Morgan fingerprint density at radius 1 is 0.852 bits per heavy atom. The summed E-state index contributed by atoms with van der Waals surface area (Å²) in [6.45, 7) is 5.05. The van der Waals surface area contributed by atoms with Crippen LogP contribution >= 0.6 is 0 Å². The zero-order chi connectivity index (χ0) is 19.4. The second kappa shape index (κ2) is 7.87. The number of benzene rings is 3. The normalized spacial score (nSPS) is 10.3. The van der Waals surface area contributed by atoms with Gasteiger partial charge in [0.1, 0.15) is 17.3 Å². The lowest BCUT2D eigenvalue weighted by molar-refractivity contribution is -0.130. The molecule has 0 radical (unpaired) electrons. The molecule has 0 amide bonds. The van der Waals surface area contributed by atoms with Crippen LogP contribution in [0.4, 0.5) is 4.39 Å². The van der Waals surface area contributed by atoms with Crippen LogP contribution in [0.2, 0.25) is 0 Å². The highest BCUT2D eigenvalue weighted by molar-refractivity contribution is 5.88. The molecule has 3 aromatic carbocycles. The zero-order valence-corrected chi connectivity index (χ0v) is 15.2. The molecule has 0 saturated heterocycles. The van der Waals surface area contributed by atoms with Gasteiger partial charge in [0.05, 0.1) is 7.11 Å². The molecule has 3 rings (SSSR count). The van der Waals surface area contributed by atoms with Crippen LogP contribution in [-0.2, 0) is 4.79 Å². The van der Waals surface area contributed by atoms with Gasteiger partial charge in [-0.05, 0) is 47.9 Å². The second-order valence-corrected chi connectivity index (χ2v) is 6.12. The molecule has 0 aliphatic rings. The van der Waals surface area contributed by atoms with Crippen molar-refractivity contribution in [3.8, 4) is 33.8 Å². The van der Waals surface area contributed by atoms with Gasteiger partial charge in [0.25, 0.3) is 0 Å². The quantitative estimate of drug-likeness (QED) is 0.334. The molecule has 3 aromatic rings. The molecular weight excluding hydrogens is 343 g/mol. The summed E-state index contributed by atoms with van der Waals surface area (Å²) in [7, 11) is 1.63. The minimum absolute atomic E-state index is 0.152. The molecule has 3 nitrogen and oxygen atoms in total. The number of rotatable bonds is 5. The topological polar surface area (TPSA) is 35.5 Å². The van der Waals surface area contributed by atoms with E-state index in [4.69, 9.17) is 9.47 Å². The fourth-order valence-corrected chi connectivity index (χ4v) is 2.61. The fourth-order valence-electron chi connectivity index (χ4n) is 2.61. The lowest BCUT2D eigenvalue weighted by Crippen LogP contribution is -2.08. The van der Waals surface area contributed by atoms with E-state index in [0.29, 0.717) is 5.56 Å². The number of ether oxygens (including phenoxy) is 2. The molecule has 0 bridgehead atoms. The summed E-state index contributed by atoms with van der Waals surface area (Å²) < 4.78 is 24.7. The molecule has 0 aliphatic carbocycles. The molecule has 0 spiro atoms. The number of halogens is 1. The molecule has 0 N–H and O–H groups in total. The Morgan fingerprint density at radius 3 is 1.89 bits per heavy atom. The first kappa shape index (κ1) is 18.4. The minimum atomic E-state index is -0.578. The smallest absolute Gasteiger partial charge is 0.338 e. The maximum Gasteiger partial charge on any atom is 0.338 e. The first-order chi connectivity index (χ1) is 13.0. The average molecular weight is 362 g/mol. The largest absolute Gasteiger partial charge is 0.497 e. The SMILES string of the molecule is C=C(C)C(=O)Oc1ccc(-c2ccc(-c3ccc(OC)cc3)cc2)c(F)c1. The van der Waals surface area contributed by atoms with Gasteiger partial charge in [0, 0.05) is 17.2 Å². The van der Waals surface area contributed by atoms with Crippen LogP contribution in [0.1, 0.15) is 6.92 Å². The van der Waals surface area contributed by atoms with Crippen molar-refractivity contribution in [3.63, 3.8) is 0 Å². The average Bonchev–Trinajstić information content (AvgIpc) is 2.68. The van der Waals surface area contributed by atoms with Gasteiger partial charge in [-0.2, -0.15) is 0 Å². The third-order valence-electron chi connectivity index (χ3n) is 4.12. The second-order valence-electron chi connectivity index (χ2n) is 6.12. The molecule has 4 heteroatoms. The van der Waals surface area contributed by atoms with Crippen molar-refractivity contribution in [1.29, 1.82) is 0 Å². The third kappa shape index (κ3) is 4.23. The molecule has 0 aliphatic heterocycles. The van der Waals surface area contributed by atoms with Gasteiger partial charge in [-0.25, -0.2) is 9.18 Å². The maximum absolute atomic E-state index is 14.5. The molecule has 0 unspecified atom stereocenters. The highest BCUT2D eigenvalue weighted by Crippen LogP contribution is 2.29. The van der Waals surface area contributed by atoms with Gasteiger partial charge in [-0.1, -0.05) is 43.0 Å². The fraction of sp³-hybridized carbons (Fsp3) is 0.0870. The van der Waals surface area contributed by atoms with Crippen LogP contribution < -0.4 is 9.47 Å². The van der Waals surface area contributed by atoms with Gasteiger partial charge in [-0.15, -0.1) is 0 Å². The standard InChI is InChI=1S/C23H19FO3/c1-15(2)23(25)27-20-12-13-21(22(24)14-20)18-6-4-16(5-7-18)17-8-10-19(26-3)11-9-17/h4-14H,1H2,2-3H3. The molecule has 0 aromatic heterocycles. The Bertz CT molecular complexity index is 974. The van der Waals surface area contributed by atoms with Gasteiger partial charge in [0.15, 0.2) is 0 Å². The van der Waals surface area contributed by atoms with Crippen molar-refractivity contribution >= 4 is 5.97 Å². The van der Waals surface area contributed by atoms with E-state index in [-0.39, 0.29) is 11.3 Å². The summed E-state index contributed by atoms with van der Waals surface area (Å²) in [6.07, 6.45) is 0. The zero-order valence-electron chi connectivity index (χ0n) is 15.2. The maximum atomic E-state index is 14.5. The number of carbonyl (C=O) groups excluding carboxylic acids is 1. The van der Waals surface area contributed by atoms with Crippen molar-refractivity contribution < 1.29 is 18.7 Å². The Hall–Kier alpha value is -3.40. The van der Waals surface area contributed by atoms with Crippen molar-refractivity contribution in [3.05, 3.63) is 84.7 Å². The van der Waals surface area contributed by atoms with Crippen LogP contribution in [0.3, 0.4) is 0 Å². The Kier molecular flexibility index (Phi) is 5.36. The van der Waals surface area contributed by atoms with E-state index in [9.17, 15) is 9.18 Å². The van der Waals surface area contributed by atoms with Gasteiger partial charge < -0.3 is 9.47 Å².